The van der Waals surface area contributed by atoms with Crippen LogP contribution in [0.5, 0.6) is 0 Å². The fraction of sp³-hybridized carbons (Fsp3) is 0.417. The number of aromatic amines is 1. The van der Waals surface area contributed by atoms with E-state index in [0.29, 0.717) is 16.1 Å². The molecule has 0 saturated heterocycles. The number of hydrogen-bond acceptors (Lipinski definition) is 6. The van der Waals surface area contributed by atoms with Crippen molar-refractivity contribution in [2.45, 2.75) is 12.5 Å². The number of aliphatic hydroxyl groups excluding tert-OH is 3. The number of nitrogens with one attached hydrogen (secondary N) is 1. The number of oxazole rings is 1. The molecule has 1 heterocycles. The molecule has 8 heteroatoms. The van der Waals surface area contributed by atoms with E-state index in [9.17, 15) is 4.79 Å². The van der Waals surface area contributed by atoms with Gasteiger partial charge in [0.1, 0.15) is 0 Å². The van der Waals surface area contributed by atoms with Gasteiger partial charge in [-0.1, -0.05) is 11.6 Å². The van der Waals surface area contributed by atoms with E-state index in [4.69, 9.17) is 37.1 Å². The molecular weight excluding hydrogens is 288 g/mol. The van der Waals surface area contributed by atoms with Crippen LogP contribution in [-0.2, 0) is 0 Å². The van der Waals surface area contributed by atoms with Gasteiger partial charge in [0.15, 0.2) is 5.58 Å². The van der Waals surface area contributed by atoms with Crippen molar-refractivity contribution in [3.8, 4) is 0 Å². The molecule has 2 rings (SSSR count). The molecule has 0 fully saturated rings. The Labute approximate surface area is 119 Å². The lowest BCUT2D eigenvalue weighted by molar-refractivity contribution is 0.0698. The summed E-state index contributed by atoms with van der Waals surface area (Å²) in [5.41, 5.74) is 6.01. The first-order valence-corrected chi connectivity index (χ1v) is 6.13. The molecule has 7 nitrogen and oxygen atoms in total. The van der Waals surface area contributed by atoms with Crippen molar-refractivity contribution >= 4 is 22.7 Å². The lowest BCUT2D eigenvalue weighted by atomic mass is 10.1. The van der Waals surface area contributed by atoms with Gasteiger partial charge in [-0.3, -0.25) is 4.98 Å². The zero-order valence-electron chi connectivity index (χ0n) is 10.9. The highest BCUT2D eigenvalue weighted by Crippen LogP contribution is 2.20. The molecule has 112 valence electrons. The number of aromatic nitrogens is 1. The van der Waals surface area contributed by atoms with Gasteiger partial charge in [0.05, 0.1) is 30.9 Å². The summed E-state index contributed by atoms with van der Waals surface area (Å²) in [6, 6.07) is 3.41. The lowest BCUT2D eigenvalue weighted by Crippen LogP contribution is -2.50. The van der Waals surface area contributed by atoms with Crippen LogP contribution in [-0.4, -0.2) is 45.7 Å². The topological polar surface area (TPSA) is 133 Å². The highest BCUT2D eigenvalue weighted by atomic mass is 35.5. The summed E-state index contributed by atoms with van der Waals surface area (Å²) >= 11 is 5.83. The standard InChI is InChI=1S/C8H6ClNO2.C4H11NO3/c1-4-2-7-6(3-5(4)9)10-8(11)12-7;5-4(1-6,2-7)3-8/h2-3H,1H3,(H,10,11);6-8H,1-3,5H2. The van der Waals surface area contributed by atoms with Crippen molar-refractivity contribution in [3.63, 3.8) is 0 Å². The summed E-state index contributed by atoms with van der Waals surface area (Å²) in [7, 11) is 0. The van der Waals surface area contributed by atoms with Crippen LogP contribution >= 0.6 is 11.6 Å². The van der Waals surface area contributed by atoms with Crippen molar-refractivity contribution in [1.82, 2.24) is 4.98 Å². The summed E-state index contributed by atoms with van der Waals surface area (Å²) in [5.74, 6) is -0.452. The quantitative estimate of drug-likeness (QED) is 0.531. The normalized spacial score (nSPS) is 11.3. The first kappa shape index (κ1) is 16.7. The van der Waals surface area contributed by atoms with Crippen LogP contribution in [0, 0.1) is 6.92 Å². The van der Waals surface area contributed by atoms with Crippen LogP contribution in [0.1, 0.15) is 5.56 Å². The molecule has 0 spiro atoms. The fourth-order valence-electron chi connectivity index (χ4n) is 1.22. The average molecular weight is 305 g/mol. The molecule has 0 aliphatic rings. The van der Waals surface area contributed by atoms with Crippen molar-refractivity contribution in [3.05, 3.63) is 33.3 Å². The first-order chi connectivity index (χ1) is 9.35. The zero-order chi connectivity index (χ0) is 15.3. The minimum absolute atomic E-state index is 0.403. The number of aryl methyl sites for hydroxylation is 1. The molecule has 2 aromatic rings. The zero-order valence-corrected chi connectivity index (χ0v) is 11.6. The van der Waals surface area contributed by atoms with E-state index in [1.165, 1.54) is 0 Å². The number of benzene rings is 1. The van der Waals surface area contributed by atoms with E-state index < -0.39 is 31.1 Å². The predicted molar refractivity (Wildman–Crippen MR) is 74.8 cm³/mol. The lowest BCUT2D eigenvalue weighted by Gasteiger charge is -2.20. The molecule has 1 aromatic carbocycles. The second kappa shape index (κ2) is 6.87. The van der Waals surface area contributed by atoms with Gasteiger partial charge in [0.25, 0.3) is 0 Å². The van der Waals surface area contributed by atoms with Gasteiger partial charge in [-0.2, -0.15) is 0 Å². The number of hydrogen-bond donors (Lipinski definition) is 5. The molecule has 0 aliphatic heterocycles. The van der Waals surface area contributed by atoms with Crippen molar-refractivity contribution in [1.29, 1.82) is 0 Å². The molecule has 0 saturated carbocycles. The molecule has 0 aliphatic carbocycles. The highest BCUT2D eigenvalue weighted by Gasteiger charge is 2.20. The number of rotatable bonds is 3. The second-order valence-electron chi connectivity index (χ2n) is 4.45. The van der Waals surface area contributed by atoms with E-state index in [1.807, 2.05) is 6.92 Å². The number of fused-ring (bicyclic) bond motifs is 1. The minimum Gasteiger partial charge on any atom is -0.408 e. The first-order valence-electron chi connectivity index (χ1n) is 5.75. The molecule has 0 radical (unpaired) electrons. The van der Waals surface area contributed by atoms with Crippen LogP contribution in [0.25, 0.3) is 11.1 Å². The minimum atomic E-state index is -1.21. The van der Waals surface area contributed by atoms with Gasteiger partial charge in [0.2, 0.25) is 0 Å². The molecule has 0 amide bonds. The van der Waals surface area contributed by atoms with Gasteiger partial charge in [0, 0.05) is 5.02 Å². The Morgan fingerprint density at radius 3 is 2.30 bits per heavy atom. The Bertz CT molecular complexity index is 568. The third-order valence-electron chi connectivity index (χ3n) is 2.64. The van der Waals surface area contributed by atoms with E-state index >= 15 is 0 Å². The van der Waals surface area contributed by atoms with Crippen LogP contribution in [0.4, 0.5) is 0 Å². The van der Waals surface area contributed by atoms with Crippen molar-refractivity contribution in [2.75, 3.05) is 19.8 Å². The van der Waals surface area contributed by atoms with E-state index in [1.54, 1.807) is 12.1 Å². The number of nitrogens with two attached hydrogens (primary N) is 1. The third kappa shape index (κ3) is 4.06. The largest absolute Gasteiger partial charge is 0.417 e. The Morgan fingerprint density at radius 1 is 1.30 bits per heavy atom. The van der Waals surface area contributed by atoms with Crippen LogP contribution in [0.15, 0.2) is 21.3 Å². The highest BCUT2D eigenvalue weighted by molar-refractivity contribution is 6.32. The molecule has 0 bridgehead atoms. The van der Waals surface area contributed by atoms with Gasteiger partial charge in [-0.15, -0.1) is 0 Å². The summed E-state index contributed by atoms with van der Waals surface area (Å²) in [6.07, 6.45) is 0. The second-order valence-corrected chi connectivity index (χ2v) is 4.86. The van der Waals surface area contributed by atoms with Gasteiger partial charge < -0.3 is 25.5 Å². The number of aliphatic hydroxyl groups is 3. The van der Waals surface area contributed by atoms with Gasteiger partial charge in [-0.25, -0.2) is 4.79 Å². The van der Waals surface area contributed by atoms with Crippen LogP contribution in [0.2, 0.25) is 5.02 Å². The number of halogens is 1. The summed E-state index contributed by atoms with van der Waals surface area (Å²) in [5, 5.41) is 25.6. The maximum Gasteiger partial charge on any atom is 0.417 e. The Balaban J connectivity index is 0.000000221. The molecular formula is C12H17ClN2O5. The van der Waals surface area contributed by atoms with Crippen LogP contribution in [0.3, 0.4) is 0 Å². The van der Waals surface area contributed by atoms with E-state index in [0.717, 1.165) is 5.56 Å². The molecule has 0 atom stereocenters. The molecule has 6 N–H and O–H groups in total. The fourth-order valence-corrected chi connectivity index (χ4v) is 1.39. The van der Waals surface area contributed by atoms with E-state index in [-0.39, 0.29) is 0 Å². The summed E-state index contributed by atoms with van der Waals surface area (Å²) < 4.78 is 4.83. The maximum atomic E-state index is 10.7. The molecule has 1 aromatic heterocycles. The predicted octanol–water partition coefficient (Wildman–Crippen LogP) is -0.256. The average Bonchev–Trinajstić information content (AvgIpc) is 2.78. The van der Waals surface area contributed by atoms with Crippen LogP contribution < -0.4 is 11.5 Å². The molecule has 0 unspecified atom stereocenters. The van der Waals surface area contributed by atoms with Gasteiger partial charge in [-0.05, 0) is 24.6 Å². The monoisotopic (exact) mass is 304 g/mol. The smallest absolute Gasteiger partial charge is 0.408 e. The SMILES string of the molecule is Cc1cc2oc(=O)[nH]c2cc1Cl.NC(CO)(CO)CO. The summed E-state index contributed by atoms with van der Waals surface area (Å²) in [4.78, 5) is 13.3. The Kier molecular flexibility index (Phi) is 5.73. The maximum absolute atomic E-state index is 10.7. The third-order valence-corrected chi connectivity index (χ3v) is 3.05. The number of H-pyrrole nitrogens is 1. The van der Waals surface area contributed by atoms with Gasteiger partial charge >= 0.3 is 5.76 Å². The molecule has 20 heavy (non-hydrogen) atoms. The van der Waals surface area contributed by atoms with Crippen molar-refractivity contribution < 1.29 is 19.7 Å². The summed E-state index contributed by atoms with van der Waals surface area (Å²) in [6.45, 7) is 0.648. The Morgan fingerprint density at radius 2 is 1.85 bits per heavy atom. The van der Waals surface area contributed by atoms with Crippen molar-refractivity contribution in [2.24, 2.45) is 5.73 Å². The Hall–Kier alpha value is -1.38. The van der Waals surface area contributed by atoms with E-state index in [2.05, 4.69) is 4.98 Å².